The fraction of sp³-hybridized carbons (Fsp3) is 0.692. The number of hydrogen-bond donors (Lipinski definition) is 0. The third kappa shape index (κ3) is 16.5. The van der Waals surface area contributed by atoms with Crippen LogP contribution >= 0.6 is 0 Å². The highest BCUT2D eigenvalue weighted by atomic mass is 19.4. The SMILES string of the molecule is CCOC(=O)C=CC(F)(F)F.CCOC(=O)CC(C[N+](=O)[O-])C(F)(F)F. The van der Waals surface area contributed by atoms with E-state index in [0.717, 1.165) is 0 Å². The summed E-state index contributed by atoms with van der Waals surface area (Å²) in [4.78, 5) is 29.9. The fourth-order valence-corrected chi connectivity index (χ4v) is 1.24. The molecule has 1 unspecified atom stereocenters. The largest absolute Gasteiger partial charge is 0.466 e. The summed E-state index contributed by atoms with van der Waals surface area (Å²) in [7, 11) is 0. The summed E-state index contributed by atoms with van der Waals surface area (Å²) >= 11 is 0. The molecule has 0 fully saturated rings. The minimum absolute atomic E-state index is 0.0537. The first-order valence-electron chi connectivity index (χ1n) is 6.99. The van der Waals surface area contributed by atoms with E-state index in [0.29, 0.717) is 6.08 Å². The van der Waals surface area contributed by atoms with Crippen LogP contribution in [0.1, 0.15) is 20.3 Å². The van der Waals surface area contributed by atoms with Crippen molar-refractivity contribution in [1.82, 2.24) is 0 Å². The molecule has 13 heteroatoms. The molecule has 0 bridgehead atoms. The van der Waals surface area contributed by atoms with Gasteiger partial charge in [-0.3, -0.25) is 14.9 Å². The molecule has 152 valence electrons. The first-order valence-corrected chi connectivity index (χ1v) is 6.99. The average Bonchev–Trinajstić information content (AvgIpc) is 2.43. The van der Waals surface area contributed by atoms with Gasteiger partial charge in [0.2, 0.25) is 6.54 Å². The summed E-state index contributed by atoms with van der Waals surface area (Å²) in [5.74, 6) is -4.35. The number of halogens is 6. The lowest BCUT2D eigenvalue weighted by atomic mass is 10.1. The van der Waals surface area contributed by atoms with Crippen molar-refractivity contribution in [3.05, 3.63) is 22.3 Å². The molecular weight excluding hydrogens is 380 g/mol. The van der Waals surface area contributed by atoms with Gasteiger partial charge in [-0.2, -0.15) is 26.3 Å². The number of carbonyl (C=O) groups is 2. The van der Waals surface area contributed by atoms with Crippen LogP contribution in [-0.2, 0) is 19.1 Å². The Kier molecular flexibility index (Phi) is 12.0. The van der Waals surface area contributed by atoms with Crippen molar-refractivity contribution in [1.29, 1.82) is 0 Å². The smallest absolute Gasteiger partial charge is 0.410 e. The number of allylic oxidation sites excluding steroid dienone is 1. The summed E-state index contributed by atoms with van der Waals surface area (Å²) in [6, 6.07) is 0. The zero-order chi connectivity index (χ0) is 21.0. The number of hydrogen-bond acceptors (Lipinski definition) is 6. The van der Waals surface area contributed by atoms with Crippen molar-refractivity contribution in [3.8, 4) is 0 Å². The van der Waals surface area contributed by atoms with Crippen molar-refractivity contribution in [2.24, 2.45) is 5.92 Å². The van der Waals surface area contributed by atoms with Gasteiger partial charge in [0.15, 0.2) is 0 Å². The molecule has 1 atom stereocenters. The predicted molar refractivity (Wildman–Crippen MR) is 74.5 cm³/mol. The second kappa shape index (κ2) is 12.1. The van der Waals surface area contributed by atoms with Gasteiger partial charge in [0.25, 0.3) is 0 Å². The Morgan fingerprint density at radius 2 is 1.58 bits per heavy atom. The van der Waals surface area contributed by atoms with E-state index in [1.807, 2.05) is 0 Å². The maximum Gasteiger partial charge on any atom is 0.410 e. The highest BCUT2D eigenvalue weighted by molar-refractivity contribution is 5.81. The van der Waals surface area contributed by atoms with E-state index in [2.05, 4.69) is 9.47 Å². The molecule has 0 saturated heterocycles. The topological polar surface area (TPSA) is 95.7 Å². The first kappa shape index (κ1) is 25.9. The van der Waals surface area contributed by atoms with Crippen LogP contribution in [0.4, 0.5) is 26.3 Å². The molecular formula is C13H17F6NO6. The monoisotopic (exact) mass is 397 g/mol. The molecule has 0 aromatic rings. The lowest BCUT2D eigenvalue weighted by Gasteiger charge is -2.15. The summed E-state index contributed by atoms with van der Waals surface area (Å²) in [6.07, 6.45) is -10.0. The Labute approximate surface area is 144 Å². The number of ether oxygens (including phenoxy) is 2. The molecule has 0 aliphatic heterocycles. The van der Waals surface area contributed by atoms with E-state index in [-0.39, 0.29) is 19.3 Å². The van der Waals surface area contributed by atoms with E-state index >= 15 is 0 Å². The van der Waals surface area contributed by atoms with Crippen molar-refractivity contribution < 1.29 is 50.3 Å². The van der Waals surface area contributed by atoms with Crippen LogP contribution in [0.15, 0.2) is 12.2 Å². The van der Waals surface area contributed by atoms with Crippen molar-refractivity contribution in [2.75, 3.05) is 19.8 Å². The Hall–Kier alpha value is -2.34. The second-order valence-corrected chi connectivity index (χ2v) is 4.39. The molecule has 0 N–H and O–H groups in total. The summed E-state index contributed by atoms with van der Waals surface area (Å²) in [6.45, 7) is 1.65. The molecule has 0 aromatic heterocycles. The predicted octanol–water partition coefficient (Wildman–Crippen LogP) is 3.06. The van der Waals surface area contributed by atoms with Gasteiger partial charge in [0.1, 0.15) is 5.92 Å². The van der Waals surface area contributed by atoms with Crippen LogP contribution in [0.25, 0.3) is 0 Å². The van der Waals surface area contributed by atoms with Crippen LogP contribution in [0.5, 0.6) is 0 Å². The standard InChI is InChI=1S/C7H10F3NO4.C6H7F3O2/c1-2-15-6(12)3-5(4-11(13)14)7(8,9)10;1-2-11-5(10)3-4-6(7,8)9/h5H,2-4H2,1H3;3-4H,2H2,1H3. The quantitative estimate of drug-likeness (QED) is 0.215. The van der Waals surface area contributed by atoms with Gasteiger partial charge < -0.3 is 9.47 Å². The fourth-order valence-electron chi connectivity index (χ4n) is 1.24. The van der Waals surface area contributed by atoms with Crippen LogP contribution < -0.4 is 0 Å². The molecule has 0 heterocycles. The highest BCUT2D eigenvalue weighted by Gasteiger charge is 2.44. The number of nitro groups is 1. The summed E-state index contributed by atoms with van der Waals surface area (Å²) < 4.78 is 79.1. The van der Waals surface area contributed by atoms with E-state index in [1.54, 1.807) is 0 Å². The third-order valence-electron chi connectivity index (χ3n) is 2.25. The molecule has 0 radical (unpaired) electrons. The van der Waals surface area contributed by atoms with Gasteiger partial charge in [-0.15, -0.1) is 0 Å². The first-order chi connectivity index (χ1) is 11.7. The van der Waals surface area contributed by atoms with Crippen molar-refractivity contribution >= 4 is 11.9 Å². The lowest BCUT2D eigenvalue weighted by Crippen LogP contribution is -2.32. The Bertz CT molecular complexity index is 488. The molecule has 0 aliphatic carbocycles. The number of esters is 2. The Morgan fingerprint density at radius 1 is 1.08 bits per heavy atom. The Morgan fingerprint density at radius 3 is 1.92 bits per heavy atom. The lowest BCUT2D eigenvalue weighted by molar-refractivity contribution is -0.497. The zero-order valence-electron chi connectivity index (χ0n) is 13.7. The average molecular weight is 397 g/mol. The van der Waals surface area contributed by atoms with Crippen LogP contribution in [0.3, 0.4) is 0 Å². The zero-order valence-corrected chi connectivity index (χ0v) is 13.7. The summed E-state index contributed by atoms with van der Waals surface area (Å²) in [5.41, 5.74) is 0. The van der Waals surface area contributed by atoms with Crippen molar-refractivity contribution in [2.45, 2.75) is 32.6 Å². The summed E-state index contributed by atoms with van der Waals surface area (Å²) in [5, 5.41) is 9.95. The number of alkyl halides is 6. The molecule has 0 aliphatic rings. The number of nitrogens with zero attached hydrogens (tertiary/aromatic N) is 1. The van der Waals surface area contributed by atoms with E-state index in [9.17, 15) is 46.0 Å². The van der Waals surface area contributed by atoms with Gasteiger partial charge in [-0.25, -0.2) is 4.79 Å². The van der Waals surface area contributed by atoms with E-state index < -0.39 is 48.1 Å². The minimum Gasteiger partial charge on any atom is -0.466 e. The third-order valence-corrected chi connectivity index (χ3v) is 2.25. The molecule has 0 rings (SSSR count). The maximum absolute atomic E-state index is 12.2. The minimum atomic E-state index is -4.76. The molecule has 0 aromatic carbocycles. The number of rotatable bonds is 7. The van der Waals surface area contributed by atoms with Gasteiger partial charge in [-0.05, 0) is 13.8 Å². The second-order valence-electron chi connectivity index (χ2n) is 4.39. The van der Waals surface area contributed by atoms with Crippen LogP contribution in [-0.4, -0.2) is 49.0 Å². The molecule has 26 heavy (non-hydrogen) atoms. The highest BCUT2D eigenvalue weighted by Crippen LogP contribution is 2.29. The van der Waals surface area contributed by atoms with Crippen molar-refractivity contribution in [3.63, 3.8) is 0 Å². The maximum atomic E-state index is 12.2. The van der Waals surface area contributed by atoms with Gasteiger partial charge >= 0.3 is 24.3 Å². The van der Waals surface area contributed by atoms with Gasteiger partial charge in [0, 0.05) is 17.1 Å². The number of carbonyl (C=O) groups excluding carboxylic acids is 2. The van der Waals surface area contributed by atoms with Gasteiger partial charge in [-0.1, -0.05) is 0 Å². The van der Waals surface area contributed by atoms with E-state index in [4.69, 9.17) is 0 Å². The molecule has 7 nitrogen and oxygen atoms in total. The Balaban J connectivity index is 0. The van der Waals surface area contributed by atoms with Gasteiger partial charge in [0.05, 0.1) is 19.6 Å². The molecule has 0 saturated carbocycles. The molecule has 0 amide bonds. The van der Waals surface area contributed by atoms with Crippen LogP contribution in [0.2, 0.25) is 0 Å². The molecule has 0 spiro atoms. The van der Waals surface area contributed by atoms with E-state index in [1.165, 1.54) is 13.8 Å². The van der Waals surface area contributed by atoms with Crippen LogP contribution in [0, 0.1) is 16.0 Å². The normalized spacial score (nSPS) is 12.8.